The van der Waals surface area contributed by atoms with E-state index in [4.69, 9.17) is 5.11 Å². The van der Waals surface area contributed by atoms with Gasteiger partial charge >= 0.3 is 0 Å². The second kappa shape index (κ2) is 9.30. The van der Waals surface area contributed by atoms with Crippen molar-refractivity contribution in [1.29, 1.82) is 0 Å². The molecule has 0 rings (SSSR count). The lowest BCUT2D eigenvalue weighted by molar-refractivity contribution is 0.206. The van der Waals surface area contributed by atoms with Crippen LogP contribution < -0.4 is 5.90 Å². The molecule has 0 spiro atoms. The standard InChI is InChI=1S/C3H8O.CH5NO/c1-3(2)4;1-3-2/h3-4H,1-2H3;2H2,1H3. The molecule has 7 heavy (non-hydrogen) atoms. The van der Waals surface area contributed by atoms with Crippen LogP contribution >= 0.6 is 0 Å². The van der Waals surface area contributed by atoms with Gasteiger partial charge in [-0.1, -0.05) is 0 Å². The Bertz CT molecular complexity index is 20.9. The molecule has 0 amide bonds. The number of hydrogen-bond acceptors (Lipinski definition) is 3. The van der Waals surface area contributed by atoms with Crippen molar-refractivity contribution in [2.75, 3.05) is 7.11 Å². The molecule has 0 aromatic carbocycles. The van der Waals surface area contributed by atoms with E-state index in [9.17, 15) is 0 Å². The summed E-state index contributed by atoms with van der Waals surface area (Å²) in [7, 11) is 1.40. The van der Waals surface area contributed by atoms with E-state index >= 15 is 0 Å². The van der Waals surface area contributed by atoms with Gasteiger partial charge in [0.25, 0.3) is 0 Å². The second-order valence-electron chi connectivity index (χ2n) is 1.33. The predicted molar refractivity (Wildman–Crippen MR) is 28.6 cm³/mol. The van der Waals surface area contributed by atoms with E-state index in [1.54, 1.807) is 13.8 Å². The van der Waals surface area contributed by atoms with Crippen LogP contribution in [0.25, 0.3) is 0 Å². The van der Waals surface area contributed by atoms with Gasteiger partial charge in [-0.2, -0.15) is 0 Å². The van der Waals surface area contributed by atoms with Gasteiger partial charge in [-0.05, 0) is 13.8 Å². The minimum absolute atomic E-state index is 0.167. The maximum absolute atomic E-state index is 8.06. The van der Waals surface area contributed by atoms with Gasteiger partial charge in [-0.25, -0.2) is 5.90 Å². The van der Waals surface area contributed by atoms with Crippen molar-refractivity contribution < 1.29 is 9.94 Å². The minimum Gasteiger partial charge on any atom is -0.394 e. The lowest BCUT2D eigenvalue weighted by atomic mass is 10.5. The molecule has 0 atom stereocenters. The van der Waals surface area contributed by atoms with Crippen molar-refractivity contribution in [3.05, 3.63) is 0 Å². The molecule has 0 aliphatic carbocycles. The molecule has 3 N–H and O–H groups in total. The van der Waals surface area contributed by atoms with E-state index < -0.39 is 0 Å². The maximum atomic E-state index is 8.06. The zero-order valence-corrected chi connectivity index (χ0v) is 5.01. The zero-order chi connectivity index (χ0) is 6.28. The van der Waals surface area contributed by atoms with Gasteiger partial charge in [-0.15, -0.1) is 0 Å². The summed E-state index contributed by atoms with van der Waals surface area (Å²) >= 11 is 0. The Hall–Kier alpha value is -0.120. The Morgan fingerprint density at radius 1 is 1.57 bits per heavy atom. The third-order valence-corrected chi connectivity index (χ3v) is 0. The minimum atomic E-state index is -0.167. The van der Waals surface area contributed by atoms with Gasteiger partial charge in [0.15, 0.2) is 0 Å². The van der Waals surface area contributed by atoms with Crippen LogP contribution in [0.1, 0.15) is 13.8 Å². The van der Waals surface area contributed by atoms with Crippen molar-refractivity contribution >= 4 is 0 Å². The van der Waals surface area contributed by atoms with Crippen LogP contribution in [-0.2, 0) is 4.84 Å². The highest BCUT2D eigenvalue weighted by molar-refractivity contribution is 4.20. The molecule has 0 aromatic rings. The summed E-state index contributed by atoms with van der Waals surface area (Å²) in [6.07, 6.45) is -0.167. The van der Waals surface area contributed by atoms with E-state index in [2.05, 4.69) is 10.7 Å². The van der Waals surface area contributed by atoms with E-state index in [0.29, 0.717) is 0 Å². The SMILES string of the molecule is CC(C)O.CON. The van der Waals surface area contributed by atoms with Crippen molar-refractivity contribution in [2.24, 2.45) is 5.90 Å². The first-order valence-corrected chi connectivity index (χ1v) is 2.06. The second-order valence-corrected chi connectivity index (χ2v) is 1.33. The Labute approximate surface area is 44.0 Å². The summed E-state index contributed by atoms with van der Waals surface area (Å²) in [4.78, 5) is 3.75. The molecule has 0 aromatic heterocycles. The Kier molecular flexibility index (Phi) is 13.3. The van der Waals surface area contributed by atoms with Gasteiger partial charge in [0.1, 0.15) is 0 Å². The highest BCUT2D eigenvalue weighted by Crippen LogP contribution is 1.65. The smallest absolute Gasteiger partial charge is 0.0569 e. The summed E-state index contributed by atoms with van der Waals surface area (Å²) < 4.78 is 0. The van der Waals surface area contributed by atoms with E-state index in [1.165, 1.54) is 7.11 Å². The van der Waals surface area contributed by atoms with Crippen LogP contribution in [0.3, 0.4) is 0 Å². The molecule has 0 heterocycles. The van der Waals surface area contributed by atoms with Crippen LogP contribution in [0.5, 0.6) is 0 Å². The Morgan fingerprint density at radius 2 is 1.57 bits per heavy atom. The van der Waals surface area contributed by atoms with E-state index in [1.807, 2.05) is 0 Å². The number of rotatable bonds is 0. The summed E-state index contributed by atoms with van der Waals surface area (Å²) in [6.45, 7) is 3.44. The normalized spacial score (nSPS) is 7.71. The Balaban J connectivity index is 0. The van der Waals surface area contributed by atoms with Gasteiger partial charge in [0.05, 0.1) is 7.11 Å². The van der Waals surface area contributed by atoms with Gasteiger partial charge < -0.3 is 9.94 Å². The fourth-order valence-corrected chi connectivity index (χ4v) is 0. The number of hydrogen-bond donors (Lipinski definition) is 2. The van der Waals surface area contributed by atoms with Gasteiger partial charge in [0.2, 0.25) is 0 Å². The summed E-state index contributed by atoms with van der Waals surface area (Å²) in [5.41, 5.74) is 0. The number of nitrogens with two attached hydrogens (primary N) is 1. The molecule has 0 unspecified atom stereocenters. The highest BCUT2D eigenvalue weighted by Gasteiger charge is 1.69. The lowest BCUT2D eigenvalue weighted by Crippen LogP contribution is -1.86. The van der Waals surface area contributed by atoms with Crippen LogP contribution in [0.15, 0.2) is 0 Å². The maximum Gasteiger partial charge on any atom is 0.0569 e. The van der Waals surface area contributed by atoms with E-state index in [0.717, 1.165) is 0 Å². The van der Waals surface area contributed by atoms with Crippen molar-refractivity contribution in [3.63, 3.8) is 0 Å². The molecule has 0 aliphatic heterocycles. The molecule has 0 saturated carbocycles. The largest absolute Gasteiger partial charge is 0.394 e. The fourth-order valence-electron chi connectivity index (χ4n) is 0. The predicted octanol–water partition coefficient (Wildman–Crippen LogP) is -0.106. The molecule has 0 fully saturated rings. The number of aliphatic hydroxyl groups is 1. The Morgan fingerprint density at radius 3 is 1.57 bits per heavy atom. The van der Waals surface area contributed by atoms with Gasteiger partial charge in [0, 0.05) is 6.10 Å². The first-order chi connectivity index (χ1) is 3.15. The zero-order valence-electron chi connectivity index (χ0n) is 5.01. The summed E-state index contributed by atoms with van der Waals surface area (Å²) in [5.74, 6) is 4.35. The lowest BCUT2D eigenvalue weighted by Gasteiger charge is -1.80. The summed E-state index contributed by atoms with van der Waals surface area (Å²) in [5, 5.41) is 8.06. The quantitative estimate of drug-likeness (QED) is 0.425. The topological polar surface area (TPSA) is 55.5 Å². The molecule has 0 radical (unpaired) electrons. The highest BCUT2D eigenvalue weighted by atomic mass is 16.6. The van der Waals surface area contributed by atoms with Crippen molar-refractivity contribution in [2.45, 2.75) is 20.0 Å². The van der Waals surface area contributed by atoms with E-state index in [-0.39, 0.29) is 6.10 Å². The third-order valence-electron chi connectivity index (χ3n) is 0. The van der Waals surface area contributed by atoms with Crippen LogP contribution in [-0.4, -0.2) is 18.3 Å². The summed E-state index contributed by atoms with van der Waals surface area (Å²) in [6, 6.07) is 0. The molecule has 0 saturated heterocycles. The third kappa shape index (κ3) is 6150. The molecule has 3 heteroatoms. The molecule has 0 bridgehead atoms. The first kappa shape index (κ1) is 9.99. The van der Waals surface area contributed by atoms with Crippen LogP contribution in [0.2, 0.25) is 0 Å². The molecular weight excluding hydrogens is 94.0 g/mol. The molecule has 0 aliphatic rings. The van der Waals surface area contributed by atoms with Crippen molar-refractivity contribution in [1.82, 2.24) is 0 Å². The average molecular weight is 107 g/mol. The van der Waals surface area contributed by atoms with Crippen LogP contribution in [0, 0.1) is 0 Å². The van der Waals surface area contributed by atoms with Crippen molar-refractivity contribution in [3.8, 4) is 0 Å². The van der Waals surface area contributed by atoms with Gasteiger partial charge in [-0.3, -0.25) is 0 Å². The number of aliphatic hydroxyl groups excluding tert-OH is 1. The molecular formula is C4H13NO2. The molecule has 3 nitrogen and oxygen atoms in total. The molecule has 46 valence electrons. The van der Waals surface area contributed by atoms with Crippen LogP contribution in [0.4, 0.5) is 0 Å². The first-order valence-electron chi connectivity index (χ1n) is 2.06. The average Bonchev–Trinajstić information content (AvgIpc) is 1.33. The fraction of sp³-hybridized carbons (Fsp3) is 1.00. The monoisotopic (exact) mass is 107 g/mol.